The lowest BCUT2D eigenvalue weighted by Gasteiger charge is -2.55. The predicted octanol–water partition coefficient (Wildman–Crippen LogP) is 3.15. The van der Waals surface area contributed by atoms with Crippen molar-refractivity contribution in [2.45, 2.75) is 38.2 Å². The second-order valence-electron chi connectivity index (χ2n) is 6.20. The summed E-state index contributed by atoms with van der Waals surface area (Å²) >= 11 is 0. The van der Waals surface area contributed by atoms with E-state index >= 15 is 0 Å². The molecule has 0 spiro atoms. The molecule has 4 bridgehead atoms. The van der Waals surface area contributed by atoms with Crippen molar-refractivity contribution in [1.82, 2.24) is 0 Å². The number of rotatable bonds is 3. The van der Waals surface area contributed by atoms with Crippen molar-refractivity contribution < 1.29 is 4.74 Å². The Kier molecular flexibility index (Phi) is 2.96. The first-order valence-corrected chi connectivity index (χ1v) is 6.91. The minimum absolute atomic E-state index is 0.171. The summed E-state index contributed by atoms with van der Waals surface area (Å²) in [4.78, 5) is 0. The summed E-state index contributed by atoms with van der Waals surface area (Å²) in [5.41, 5.74) is 0. The van der Waals surface area contributed by atoms with Crippen molar-refractivity contribution in [1.29, 1.82) is 5.26 Å². The Bertz CT molecular complexity index is 326. The maximum atomic E-state index is 8.67. The smallest absolute Gasteiger partial charge is 0.0909 e. The van der Waals surface area contributed by atoms with Gasteiger partial charge in [-0.25, -0.2) is 0 Å². The third-order valence-corrected chi connectivity index (χ3v) is 5.31. The molecule has 0 heterocycles. The lowest BCUT2D eigenvalue weighted by atomic mass is 9.51. The highest BCUT2D eigenvalue weighted by atomic mass is 16.5. The molecule has 0 aromatic rings. The number of ether oxygens (including phenoxy) is 1. The zero-order chi connectivity index (χ0) is 11.8. The van der Waals surface area contributed by atoms with Crippen LogP contribution in [0, 0.1) is 40.9 Å². The predicted molar refractivity (Wildman–Crippen MR) is 66.1 cm³/mol. The molecular weight excluding hydrogens is 210 g/mol. The van der Waals surface area contributed by atoms with Crippen LogP contribution in [-0.4, -0.2) is 13.2 Å². The van der Waals surface area contributed by atoms with Crippen LogP contribution in [0.4, 0.5) is 0 Å². The van der Waals surface area contributed by atoms with Crippen LogP contribution in [0.15, 0.2) is 12.2 Å². The van der Waals surface area contributed by atoms with Crippen LogP contribution >= 0.6 is 0 Å². The second-order valence-corrected chi connectivity index (χ2v) is 6.20. The first kappa shape index (κ1) is 11.3. The third-order valence-electron chi connectivity index (χ3n) is 5.31. The molecular formula is C15H21NO. The van der Waals surface area contributed by atoms with Gasteiger partial charge in [-0.3, -0.25) is 0 Å². The van der Waals surface area contributed by atoms with Crippen LogP contribution in [0.5, 0.6) is 0 Å². The minimum Gasteiger partial charge on any atom is -0.377 e. The van der Waals surface area contributed by atoms with E-state index in [1.54, 1.807) is 13.2 Å². The molecule has 0 aliphatic heterocycles. The van der Waals surface area contributed by atoms with E-state index in [-0.39, 0.29) is 6.10 Å². The molecule has 0 saturated heterocycles. The van der Waals surface area contributed by atoms with Gasteiger partial charge in [-0.15, -0.1) is 0 Å². The fraction of sp³-hybridized carbons (Fsp3) is 0.800. The highest BCUT2D eigenvalue weighted by Gasteiger charge is 2.50. The standard InChI is InChI=1S/C15H21NO/c1-17-14(3-2-4-16)15-12-6-10-5-11(8-12)9-13(15)7-10/h2-3,10-15H,5-9H2,1H3/b3-2+. The summed E-state index contributed by atoms with van der Waals surface area (Å²) in [6, 6.07) is 2.09. The molecule has 0 N–H and O–H groups in total. The number of allylic oxidation sites excluding steroid dienone is 1. The lowest BCUT2D eigenvalue weighted by Crippen LogP contribution is -2.49. The van der Waals surface area contributed by atoms with Crippen molar-refractivity contribution in [3.05, 3.63) is 12.2 Å². The number of nitriles is 1. The first-order chi connectivity index (χ1) is 8.31. The molecule has 4 rings (SSSR count). The van der Waals surface area contributed by atoms with Gasteiger partial charge in [0.1, 0.15) is 0 Å². The van der Waals surface area contributed by atoms with E-state index in [1.807, 2.05) is 6.08 Å². The van der Waals surface area contributed by atoms with Crippen LogP contribution in [0.1, 0.15) is 32.1 Å². The first-order valence-electron chi connectivity index (χ1n) is 6.91. The average molecular weight is 231 g/mol. The van der Waals surface area contributed by atoms with Crippen molar-refractivity contribution in [3.63, 3.8) is 0 Å². The minimum atomic E-state index is 0.171. The maximum absolute atomic E-state index is 8.67. The Balaban J connectivity index is 1.78. The van der Waals surface area contributed by atoms with Crippen molar-refractivity contribution in [2.24, 2.45) is 29.6 Å². The molecule has 1 unspecified atom stereocenters. The van der Waals surface area contributed by atoms with Crippen molar-refractivity contribution >= 4 is 0 Å². The Morgan fingerprint density at radius 1 is 1.12 bits per heavy atom. The molecule has 1 atom stereocenters. The van der Waals surface area contributed by atoms with E-state index < -0.39 is 0 Å². The van der Waals surface area contributed by atoms with Crippen molar-refractivity contribution in [3.8, 4) is 6.07 Å². The monoisotopic (exact) mass is 231 g/mol. The summed E-state index contributed by atoms with van der Waals surface area (Å²) in [7, 11) is 1.79. The van der Waals surface area contributed by atoms with Gasteiger partial charge in [-0.05, 0) is 67.8 Å². The van der Waals surface area contributed by atoms with E-state index in [0.717, 1.165) is 23.7 Å². The van der Waals surface area contributed by atoms with E-state index in [9.17, 15) is 0 Å². The summed E-state index contributed by atoms with van der Waals surface area (Å²) in [6.45, 7) is 0. The summed E-state index contributed by atoms with van der Waals surface area (Å²) in [5.74, 6) is 4.41. The van der Waals surface area contributed by atoms with Crippen LogP contribution in [-0.2, 0) is 4.74 Å². The second kappa shape index (κ2) is 4.46. The van der Waals surface area contributed by atoms with Gasteiger partial charge in [-0.2, -0.15) is 5.26 Å². The van der Waals surface area contributed by atoms with Gasteiger partial charge in [0, 0.05) is 13.2 Å². The Morgan fingerprint density at radius 2 is 1.71 bits per heavy atom. The normalized spacial score (nSPS) is 45.1. The zero-order valence-electron chi connectivity index (χ0n) is 10.5. The van der Waals surface area contributed by atoms with Gasteiger partial charge in [0.25, 0.3) is 0 Å². The molecule has 0 aromatic carbocycles. The lowest BCUT2D eigenvalue weighted by molar-refractivity contribution is -0.0861. The van der Waals surface area contributed by atoms with Crippen molar-refractivity contribution in [2.75, 3.05) is 7.11 Å². The Labute approximate surface area is 104 Å². The molecule has 4 aliphatic rings. The van der Waals surface area contributed by atoms with Gasteiger partial charge >= 0.3 is 0 Å². The van der Waals surface area contributed by atoms with Crippen LogP contribution in [0.2, 0.25) is 0 Å². The topological polar surface area (TPSA) is 33.0 Å². The largest absolute Gasteiger partial charge is 0.377 e. The van der Waals surface area contributed by atoms with Gasteiger partial charge in [0.15, 0.2) is 0 Å². The Morgan fingerprint density at radius 3 is 2.18 bits per heavy atom. The molecule has 2 nitrogen and oxygen atoms in total. The SMILES string of the molecule is COC(/C=C/C#N)C1C2CC3CC(C2)CC1C3. The summed E-state index contributed by atoms with van der Waals surface area (Å²) < 4.78 is 5.64. The maximum Gasteiger partial charge on any atom is 0.0909 e. The molecule has 4 saturated carbocycles. The summed E-state index contributed by atoms with van der Waals surface area (Å²) in [6.07, 6.45) is 10.9. The van der Waals surface area contributed by atoms with E-state index in [1.165, 1.54) is 32.1 Å². The third kappa shape index (κ3) is 1.91. The summed E-state index contributed by atoms with van der Waals surface area (Å²) in [5, 5.41) is 8.67. The highest BCUT2D eigenvalue weighted by molar-refractivity contribution is 5.10. The van der Waals surface area contributed by atoms with E-state index in [4.69, 9.17) is 10.00 Å². The van der Waals surface area contributed by atoms with Gasteiger partial charge in [0.05, 0.1) is 12.2 Å². The molecule has 4 fully saturated rings. The van der Waals surface area contributed by atoms with Gasteiger partial charge < -0.3 is 4.74 Å². The van der Waals surface area contributed by atoms with Gasteiger partial charge in [0.2, 0.25) is 0 Å². The zero-order valence-corrected chi connectivity index (χ0v) is 10.5. The van der Waals surface area contributed by atoms with Crippen LogP contribution in [0.3, 0.4) is 0 Å². The Hall–Kier alpha value is -0.810. The highest BCUT2D eigenvalue weighted by Crippen LogP contribution is 2.57. The fourth-order valence-corrected chi connectivity index (χ4v) is 5.01. The number of hydrogen-bond donors (Lipinski definition) is 0. The number of nitrogens with zero attached hydrogens (tertiary/aromatic N) is 1. The molecule has 17 heavy (non-hydrogen) atoms. The molecule has 92 valence electrons. The fourth-order valence-electron chi connectivity index (χ4n) is 5.01. The average Bonchev–Trinajstić information content (AvgIpc) is 2.31. The van der Waals surface area contributed by atoms with E-state index in [2.05, 4.69) is 6.07 Å². The molecule has 0 aromatic heterocycles. The van der Waals surface area contributed by atoms with E-state index in [0.29, 0.717) is 5.92 Å². The molecule has 4 aliphatic carbocycles. The molecule has 0 amide bonds. The number of methoxy groups -OCH3 is 1. The number of hydrogen-bond acceptors (Lipinski definition) is 2. The molecule has 2 heteroatoms. The quantitative estimate of drug-likeness (QED) is 0.699. The van der Waals surface area contributed by atoms with Crippen LogP contribution in [0.25, 0.3) is 0 Å². The molecule has 0 radical (unpaired) electrons. The van der Waals surface area contributed by atoms with Gasteiger partial charge in [-0.1, -0.05) is 0 Å². The van der Waals surface area contributed by atoms with Crippen LogP contribution < -0.4 is 0 Å².